The average Bonchev–Trinajstić information content (AvgIpc) is 3.29. The van der Waals surface area contributed by atoms with Crippen LogP contribution in [-0.4, -0.2) is 126 Å². The van der Waals surface area contributed by atoms with Gasteiger partial charge in [0.15, 0.2) is 23.0 Å². The van der Waals surface area contributed by atoms with Crippen molar-refractivity contribution in [2.75, 3.05) is 74.9 Å². The van der Waals surface area contributed by atoms with Crippen molar-refractivity contribution in [1.82, 2.24) is 9.80 Å². The summed E-state index contributed by atoms with van der Waals surface area (Å²) in [5.74, 6) is -2.56. The fourth-order valence-electron chi connectivity index (χ4n) is 6.12. The molecule has 0 bridgehead atoms. The number of carbonyl (C=O) groups excluding carboxylic acids is 3. The highest BCUT2D eigenvalue weighted by Crippen LogP contribution is 2.40. The third-order valence-electron chi connectivity index (χ3n) is 8.65. The Morgan fingerprint density at radius 3 is 1.70 bits per heavy atom. The van der Waals surface area contributed by atoms with Crippen LogP contribution >= 0.6 is 0 Å². The first kappa shape index (κ1) is 46.7. The molecule has 1 aliphatic rings. The molecule has 1 fully saturated rings. The third kappa shape index (κ3) is 14.6. The van der Waals surface area contributed by atoms with Crippen LogP contribution in [0.3, 0.4) is 0 Å². The van der Waals surface area contributed by atoms with Crippen molar-refractivity contribution < 1.29 is 65.8 Å². The van der Waals surface area contributed by atoms with Gasteiger partial charge < -0.3 is 47.5 Å². The molecule has 1 saturated heterocycles. The molecular weight excluding hydrogens is 750 g/mol. The molecule has 1 unspecified atom stereocenters. The summed E-state index contributed by atoms with van der Waals surface area (Å²) in [5, 5.41) is 0. The standard InChI is InChI=1S/C41H60F2N2O12/c1-39(2,3)56-37(47)28-23-32(51-9)35(53-11)33(24-28)54-20-14-16-29(55-36(46)27-21-30(49-7)34(52-10)31(22-27)50-8)15-12-13-17-44-18-19-45(26-41(42,43)25-44)38(48)57-40(4,5)6/h21-24,29H,12-20,25-26H2,1-11H3. The number of unbranched alkanes of at least 4 members (excludes halogenated alkanes) is 1. The third-order valence-corrected chi connectivity index (χ3v) is 8.65. The largest absolute Gasteiger partial charge is 0.493 e. The van der Waals surface area contributed by atoms with Crippen LogP contribution in [0.5, 0.6) is 34.5 Å². The SMILES string of the molecule is COc1cc(C(=O)OC(CCCCN2CCN(C(=O)OC(C)(C)C)CC(F)(F)C2)CCCOc2cc(C(=O)OC(C)(C)C)cc(OC)c2OC)cc(OC)c1OC. The zero-order valence-electron chi connectivity index (χ0n) is 35.2. The van der Waals surface area contributed by atoms with Crippen molar-refractivity contribution in [3.05, 3.63) is 35.4 Å². The number of hydrogen-bond donors (Lipinski definition) is 0. The highest BCUT2D eigenvalue weighted by atomic mass is 19.3. The Morgan fingerprint density at radius 2 is 1.18 bits per heavy atom. The van der Waals surface area contributed by atoms with Crippen LogP contribution in [0.2, 0.25) is 0 Å². The van der Waals surface area contributed by atoms with Gasteiger partial charge in [0.1, 0.15) is 17.3 Å². The van der Waals surface area contributed by atoms with Crippen LogP contribution in [0.4, 0.5) is 13.6 Å². The summed E-state index contributed by atoms with van der Waals surface area (Å²) in [6.45, 7) is 10.0. The molecule has 320 valence electrons. The molecule has 0 aromatic heterocycles. The molecule has 0 N–H and O–H groups in total. The Hall–Kier alpha value is -4.73. The van der Waals surface area contributed by atoms with Gasteiger partial charge in [-0.15, -0.1) is 0 Å². The summed E-state index contributed by atoms with van der Waals surface area (Å²) in [6.07, 6.45) is 0.967. The summed E-state index contributed by atoms with van der Waals surface area (Å²) >= 11 is 0. The van der Waals surface area contributed by atoms with E-state index in [1.54, 1.807) is 46.4 Å². The second kappa shape index (κ2) is 20.6. The second-order valence-electron chi connectivity index (χ2n) is 15.7. The molecule has 1 heterocycles. The molecule has 0 spiro atoms. The predicted molar refractivity (Wildman–Crippen MR) is 208 cm³/mol. The van der Waals surface area contributed by atoms with E-state index in [9.17, 15) is 23.2 Å². The van der Waals surface area contributed by atoms with Gasteiger partial charge in [-0.25, -0.2) is 23.2 Å². The average molecular weight is 811 g/mol. The minimum atomic E-state index is -3.12. The molecule has 1 atom stereocenters. The maximum absolute atomic E-state index is 14.9. The summed E-state index contributed by atoms with van der Waals surface area (Å²) in [4.78, 5) is 41.7. The van der Waals surface area contributed by atoms with Gasteiger partial charge in [0.25, 0.3) is 5.92 Å². The normalized spacial score (nSPS) is 15.1. The number of nitrogens with zero attached hydrogens (tertiary/aromatic N) is 2. The zero-order chi connectivity index (χ0) is 42.6. The maximum atomic E-state index is 14.9. The lowest BCUT2D eigenvalue weighted by Gasteiger charge is -2.27. The Bertz CT molecular complexity index is 1630. The van der Waals surface area contributed by atoms with E-state index in [0.29, 0.717) is 50.1 Å². The van der Waals surface area contributed by atoms with E-state index < -0.39 is 54.3 Å². The summed E-state index contributed by atoms with van der Waals surface area (Å²) in [6, 6.07) is 6.04. The van der Waals surface area contributed by atoms with E-state index in [4.69, 9.17) is 42.6 Å². The molecule has 1 aliphatic heterocycles. The lowest BCUT2D eigenvalue weighted by molar-refractivity contribution is -0.0441. The van der Waals surface area contributed by atoms with Gasteiger partial charge >= 0.3 is 18.0 Å². The Balaban J connectivity index is 1.73. The fourth-order valence-corrected chi connectivity index (χ4v) is 6.12. The van der Waals surface area contributed by atoms with Crippen molar-refractivity contribution in [1.29, 1.82) is 0 Å². The minimum absolute atomic E-state index is 0.108. The van der Waals surface area contributed by atoms with Crippen molar-refractivity contribution in [2.45, 2.75) is 96.9 Å². The lowest BCUT2D eigenvalue weighted by Crippen LogP contribution is -2.44. The Labute approximate surface area is 334 Å². The van der Waals surface area contributed by atoms with Gasteiger partial charge in [-0.2, -0.15) is 0 Å². The van der Waals surface area contributed by atoms with E-state index in [2.05, 4.69) is 0 Å². The topological polar surface area (TPSA) is 141 Å². The summed E-state index contributed by atoms with van der Waals surface area (Å²) < 4.78 is 80.1. The number of amides is 1. The van der Waals surface area contributed by atoms with Crippen LogP contribution in [-0.2, 0) is 14.2 Å². The summed E-state index contributed by atoms with van der Waals surface area (Å²) in [5.41, 5.74) is -1.12. The second-order valence-corrected chi connectivity index (χ2v) is 15.7. The smallest absolute Gasteiger partial charge is 0.410 e. The Kier molecular flexibility index (Phi) is 16.9. The number of halogens is 2. The predicted octanol–water partition coefficient (Wildman–Crippen LogP) is 7.43. The van der Waals surface area contributed by atoms with Gasteiger partial charge in [0.2, 0.25) is 11.5 Å². The van der Waals surface area contributed by atoms with Crippen LogP contribution in [0.25, 0.3) is 0 Å². The van der Waals surface area contributed by atoms with Crippen molar-refractivity contribution in [2.24, 2.45) is 0 Å². The molecule has 2 aromatic carbocycles. The molecule has 57 heavy (non-hydrogen) atoms. The fraction of sp³-hybridized carbons (Fsp3) is 0.634. The molecule has 14 nitrogen and oxygen atoms in total. The molecule has 16 heteroatoms. The molecule has 0 radical (unpaired) electrons. The highest BCUT2D eigenvalue weighted by Gasteiger charge is 2.39. The Morgan fingerprint density at radius 1 is 0.667 bits per heavy atom. The van der Waals surface area contributed by atoms with Crippen LogP contribution in [0, 0.1) is 0 Å². The van der Waals surface area contributed by atoms with Crippen molar-refractivity contribution in [3.8, 4) is 34.5 Å². The lowest BCUT2D eigenvalue weighted by atomic mass is 10.1. The number of ether oxygens (including phenoxy) is 9. The quantitative estimate of drug-likeness (QED) is 0.0838. The van der Waals surface area contributed by atoms with Crippen molar-refractivity contribution >= 4 is 18.0 Å². The van der Waals surface area contributed by atoms with Gasteiger partial charge in [-0.3, -0.25) is 4.90 Å². The molecule has 0 aliphatic carbocycles. The first-order chi connectivity index (χ1) is 26.7. The molecule has 0 saturated carbocycles. The molecule has 1 amide bonds. The van der Waals surface area contributed by atoms with E-state index in [0.717, 1.165) is 4.90 Å². The van der Waals surface area contributed by atoms with Crippen LogP contribution in [0.15, 0.2) is 24.3 Å². The number of esters is 2. The number of rotatable bonds is 18. The molecule has 2 aromatic rings. The van der Waals surface area contributed by atoms with Crippen LogP contribution in [0.1, 0.15) is 94.4 Å². The van der Waals surface area contributed by atoms with Crippen LogP contribution < -0.4 is 28.4 Å². The van der Waals surface area contributed by atoms with E-state index in [1.165, 1.54) is 59.8 Å². The number of benzene rings is 2. The van der Waals surface area contributed by atoms with Gasteiger partial charge in [0.05, 0.1) is 66.4 Å². The number of methoxy groups -OCH3 is 5. The van der Waals surface area contributed by atoms with E-state index in [1.807, 2.05) is 0 Å². The number of carbonyl (C=O) groups is 3. The van der Waals surface area contributed by atoms with E-state index >= 15 is 0 Å². The van der Waals surface area contributed by atoms with Gasteiger partial charge in [-0.05, 0) is 104 Å². The minimum Gasteiger partial charge on any atom is -0.493 e. The summed E-state index contributed by atoms with van der Waals surface area (Å²) in [7, 11) is 7.25. The zero-order valence-corrected chi connectivity index (χ0v) is 35.2. The van der Waals surface area contributed by atoms with Gasteiger partial charge in [-0.1, -0.05) is 0 Å². The molecular formula is C41H60F2N2O12. The van der Waals surface area contributed by atoms with Gasteiger partial charge in [0, 0.05) is 13.1 Å². The number of hydrogen-bond acceptors (Lipinski definition) is 13. The monoisotopic (exact) mass is 810 g/mol. The van der Waals surface area contributed by atoms with Crippen molar-refractivity contribution in [3.63, 3.8) is 0 Å². The molecule has 3 rings (SSSR count). The first-order valence-electron chi connectivity index (χ1n) is 18.9. The number of alkyl halides is 2. The first-order valence-corrected chi connectivity index (χ1v) is 18.9. The van der Waals surface area contributed by atoms with E-state index in [-0.39, 0.29) is 53.8 Å². The highest BCUT2D eigenvalue weighted by molar-refractivity contribution is 5.92. The maximum Gasteiger partial charge on any atom is 0.410 e.